The third-order valence-electron chi connectivity index (χ3n) is 3.15. The highest BCUT2D eigenvalue weighted by molar-refractivity contribution is 9.10. The highest BCUT2D eigenvalue weighted by atomic mass is 79.9. The molecule has 0 aliphatic carbocycles. The fourth-order valence-corrected chi connectivity index (χ4v) is 2.34. The van der Waals surface area contributed by atoms with Gasteiger partial charge in [0.15, 0.2) is 0 Å². The molecule has 1 aromatic heterocycles. The highest BCUT2D eigenvalue weighted by Crippen LogP contribution is 2.16. The van der Waals surface area contributed by atoms with E-state index in [1.54, 1.807) is 18.2 Å². The van der Waals surface area contributed by atoms with E-state index in [9.17, 15) is 9.59 Å². The summed E-state index contributed by atoms with van der Waals surface area (Å²) in [5.41, 5.74) is 1.28. The van der Waals surface area contributed by atoms with Crippen molar-refractivity contribution in [2.75, 3.05) is 11.9 Å². The quantitative estimate of drug-likeness (QED) is 0.757. The molecule has 0 unspecified atom stereocenters. The van der Waals surface area contributed by atoms with E-state index in [2.05, 4.69) is 38.5 Å². The van der Waals surface area contributed by atoms with E-state index < -0.39 is 0 Å². The summed E-state index contributed by atoms with van der Waals surface area (Å²) in [6.45, 7) is 2.68. The minimum absolute atomic E-state index is 0.197. The first-order valence-corrected chi connectivity index (χ1v) is 8.20. The number of anilines is 1. The number of hydrogen-bond donors (Lipinski definition) is 2. The molecule has 1 heterocycles. The van der Waals surface area contributed by atoms with Crippen LogP contribution in [0.2, 0.25) is 0 Å². The Morgan fingerprint density at radius 2 is 2.00 bits per heavy atom. The van der Waals surface area contributed by atoms with E-state index in [4.69, 9.17) is 0 Å². The summed E-state index contributed by atoms with van der Waals surface area (Å²) < 4.78 is 0.868. The van der Waals surface area contributed by atoms with Gasteiger partial charge in [-0.1, -0.05) is 35.3 Å². The van der Waals surface area contributed by atoms with Gasteiger partial charge in [0, 0.05) is 28.5 Å². The number of halogens is 1. The fraction of sp³-hybridized carbons (Fsp3) is 0.235. The highest BCUT2D eigenvalue weighted by Gasteiger charge is 2.12. The average molecular weight is 376 g/mol. The van der Waals surface area contributed by atoms with Gasteiger partial charge in [-0.05, 0) is 36.8 Å². The van der Waals surface area contributed by atoms with Crippen molar-refractivity contribution in [2.24, 2.45) is 0 Å². The number of carbonyl (C=O) groups is 2. The molecule has 0 aliphatic heterocycles. The molecule has 2 rings (SSSR count). The molecule has 2 aromatic rings. The molecule has 0 fully saturated rings. The Kier molecular flexibility index (Phi) is 6.29. The molecular weight excluding hydrogens is 358 g/mol. The Bertz CT molecular complexity index is 704. The molecule has 2 amide bonds. The number of hydrogen-bond acceptors (Lipinski definition) is 3. The van der Waals surface area contributed by atoms with Gasteiger partial charge < -0.3 is 10.6 Å². The molecule has 0 saturated carbocycles. The van der Waals surface area contributed by atoms with Gasteiger partial charge in [0.25, 0.3) is 11.8 Å². The molecule has 0 bridgehead atoms. The molecule has 0 atom stereocenters. The molecule has 0 aliphatic rings. The molecule has 0 radical (unpaired) electrons. The molecule has 120 valence electrons. The van der Waals surface area contributed by atoms with Gasteiger partial charge in [-0.15, -0.1) is 0 Å². The second-order valence-corrected chi connectivity index (χ2v) is 5.92. The molecule has 0 saturated heterocycles. The summed E-state index contributed by atoms with van der Waals surface area (Å²) in [7, 11) is 0. The van der Waals surface area contributed by atoms with Crippen LogP contribution in [-0.2, 0) is 0 Å². The van der Waals surface area contributed by atoms with Crippen molar-refractivity contribution in [3.05, 3.63) is 58.3 Å². The van der Waals surface area contributed by atoms with Crippen LogP contribution < -0.4 is 10.6 Å². The van der Waals surface area contributed by atoms with E-state index in [-0.39, 0.29) is 17.5 Å². The lowest BCUT2D eigenvalue weighted by molar-refractivity contribution is 0.0953. The number of aromatic nitrogens is 1. The number of carbonyl (C=O) groups excluding carboxylic acids is 2. The first-order valence-electron chi connectivity index (χ1n) is 7.41. The molecule has 5 nitrogen and oxygen atoms in total. The molecule has 6 heteroatoms. The lowest BCUT2D eigenvalue weighted by Crippen LogP contribution is -2.25. The number of pyridine rings is 1. The van der Waals surface area contributed by atoms with Gasteiger partial charge in [-0.2, -0.15) is 0 Å². The lowest BCUT2D eigenvalue weighted by atomic mass is 10.2. The third kappa shape index (κ3) is 5.17. The number of rotatable bonds is 6. The molecule has 23 heavy (non-hydrogen) atoms. The van der Waals surface area contributed by atoms with Gasteiger partial charge in [0.2, 0.25) is 0 Å². The van der Waals surface area contributed by atoms with Gasteiger partial charge in [0.1, 0.15) is 5.69 Å². The summed E-state index contributed by atoms with van der Waals surface area (Å²) in [5, 5.41) is 5.57. The summed E-state index contributed by atoms with van der Waals surface area (Å²) in [5.74, 6) is -0.552. The number of nitrogens with zero attached hydrogens (tertiary/aromatic N) is 1. The maximum Gasteiger partial charge on any atom is 0.274 e. The zero-order chi connectivity index (χ0) is 16.7. The monoisotopic (exact) mass is 375 g/mol. The second-order valence-electron chi connectivity index (χ2n) is 5.00. The minimum atomic E-state index is -0.355. The van der Waals surface area contributed by atoms with Gasteiger partial charge in [-0.3, -0.25) is 14.6 Å². The Balaban J connectivity index is 2.06. The van der Waals surface area contributed by atoms with E-state index in [1.807, 2.05) is 12.1 Å². The number of nitrogens with one attached hydrogen (secondary N) is 2. The smallest absolute Gasteiger partial charge is 0.274 e. The standard InChI is InChI=1S/C17H18BrN3O2/c1-2-3-8-20-16(22)12-7-9-19-15(10-12)17(23)21-14-6-4-5-13(18)11-14/h4-7,9-11H,2-3,8H2,1H3,(H,20,22)(H,21,23). The number of benzene rings is 1. The predicted molar refractivity (Wildman–Crippen MR) is 93.6 cm³/mol. The van der Waals surface area contributed by atoms with Crippen molar-refractivity contribution in [3.63, 3.8) is 0 Å². The molecular formula is C17H18BrN3O2. The first kappa shape index (κ1) is 17.1. The van der Waals surface area contributed by atoms with Crippen LogP contribution in [0.3, 0.4) is 0 Å². The maximum absolute atomic E-state index is 12.2. The van der Waals surface area contributed by atoms with Crippen LogP contribution in [0.15, 0.2) is 47.1 Å². The van der Waals surface area contributed by atoms with Crippen molar-refractivity contribution >= 4 is 33.4 Å². The Labute approximate surface area is 143 Å². The van der Waals surface area contributed by atoms with Crippen molar-refractivity contribution in [2.45, 2.75) is 19.8 Å². The Morgan fingerprint density at radius 1 is 1.17 bits per heavy atom. The Hall–Kier alpha value is -2.21. The fourth-order valence-electron chi connectivity index (χ4n) is 1.94. The summed E-state index contributed by atoms with van der Waals surface area (Å²) >= 11 is 3.35. The van der Waals surface area contributed by atoms with E-state index in [0.717, 1.165) is 17.3 Å². The molecule has 0 spiro atoms. The topological polar surface area (TPSA) is 71.1 Å². The first-order chi connectivity index (χ1) is 11.1. The average Bonchev–Trinajstić information content (AvgIpc) is 2.55. The summed E-state index contributed by atoms with van der Waals surface area (Å²) in [6.07, 6.45) is 3.40. The van der Waals surface area contributed by atoms with Crippen LogP contribution >= 0.6 is 15.9 Å². The maximum atomic E-state index is 12.2. The zero-order valence-electron chi connectivity index (χ0n) is 12.8. The Morgan fingerprint density at radius 3 is 2.74 bits per heavy atom. The predicted octanol–water partition coefficient (Wildman–Crippen LogP) is 3.63. The second kappa shape index (κ2) is 8.43. The molecule has 2 N–H and O–H groups in total. The van der Waals surface area contributed by atoms with Crippen molar-refractivity contribution in [1.29, 1.82) is 0 Å². The van der Waals surface area contributed by atoms with Crippen LogP contribution in [-0.4, -0.2) is 23.3 Å². The van der Waals surface area contributed by atoms with Crippen molar-refractivity contribution < 1.29 is 9.59 Å². The van der Waals surface area contributed by atoms with Gasteiger partial charge >= 0.3 is 0 Å². The molecule has 1 aromatic carbocycles. The zero-order valence-corrected chi connectivity index (χ0v) is 14.4. The van der Waals surface area contributed by atoms with Gasteiger partial charge in [-0.25, -0.2) is 0 Å². The summed E-state index contributed by atoms with van der Waals surface area (Å²) in [4.78, 5) is 28.3. The van der Waals surface area contributed by atoms with E-state index in [0.29, 0.717) is 17.8 Å². The SMILES string of the molecule is CCCCNC(=O)c1ccnc(C(=O)Nc2cccc(Br)c2)c1. The third-order valence-corrected chi connectivity index (χ3v) is 3.65. The van der Waals surface area contributed by atoms with E-state index in [1.165, 1.54) is 12.3 Å². The number of unbranched alkanes of at least 4 members (excludes halogenated alkanes) is 1. The minimum Gasteiger partial charge on any atom is -0.352 e. The van der Waals surface area contributed by atoms with Crippen molar-refractivity contribution in [3.8, 4) is 0 Å². The normalized spacial score (nSPS) is 10.2. The van der Waals surface area contributed by atoms with E-state index >= 15 is 0 Å². The van der Waals surface area contributed by atoms with Crippen LogP contribution in [0.5, 0.6) is 0 Å². The lowest BCUT2D eigenvalue weighted by Gasteiger charge is -2.07. The van der Waals surface area contributed by atoms with Crippen LogP contribution in [0, 0.1) is 0 Å². The van der Waals surface area contributed by atoms with Crippen LogP contribution in [0.1, 0.15) is 40.6 Å². The van der Waals surface area contributed by atoms with Gasteiger partial charge in [0.05, 0.1) is 0 Å². The van der Waals surface area contributed by atoms with Crippen LogP contribution in [0.25, 0.3) is 0 Å². The van der Waals surface area contributed by atoms with Crippen LogP contribution in [0.4, 0.5) is 5.69 Å². The van der Waals surface area contributed by atoms with Crippen molar-refractivity contribution in [1.82, 2.24) is 10.3 Å². The largest absolute Gasteiger partial charge is 0.352 e. The number of amides is 2. The summed E-state index contributed by atoms with van der Waals surface area (Å²) in [6, 6.07) is 10.4.